The highest BCUT2D eigenvalue weighted by atomic mass is 32.2. The van der Waals surface area contributed by atoms with Crippen LogP contribution in [0.15, 0.2) is 47.5 Å². The Kier molecular flexibility index (Phi) is 5.26. The van der Waals surface area contributed by atoms with Crippen molar-refractivity contribution in [2.24, 2.45) is 5.14 Å². The Morgan fingerprint density at radius 2 is 2.04 bits per heavy atom. The van der Waals surface area contributed by atoms with Crippen LogP contribution in [0, 0.1) is 0 Å². The van der Waals surface area contributed by atoms with E-state index in [1.807, 2.05) is 11.8 Å². The van der Waals surface area contributed by atoms with Crippen molar-refractivity contribution in [3.63, 3.8) is 0 Å². The number of benzene rings is 1. The normalized spacial score (nSPS) is 17.2. The van der Waals surface area contributed by atoms with Crippen LogP contribution in [0.4, 0.5) is 5.69 Å². The lowest BCUT2D eigenvalue weighted by Gasteiger charge is -2.14. The SMILES string of the molecule is NS(=O)(=O)c1ccc(NC(=O)c2cccnc2O[C@H]2CCSC2)cc1. The van der Waals surface area contributed by atoms with Gasteiger partial charge < -0.3 is 10.1 Å². The number of ether oxygens (including phenoxy) is 1. The van der Waals surface area contributed by atoms with Crippen molar-refractivity contribution in [1.82, 2.24) is 4.98 Å². The van der Waals surface area contributed by atoms with Gasteiger partial charge >= 0.3 is 0 Å². The summed E-state index contributed by atoms with van der Waals surface area (Å²) < 4.78 is 28.4. The van der Waals surface area contributed by atoms with Crippen molar-refractivity contribution >= 4 is 33.4 Å². The largest absolute Gasteiger partial charge is 0.473 e. The molecule has 1 aliphatic rings. The number of hydrogen-bond donors (Lipinski definition) is 2. The van der Waals surface area contributed by atoms with Gasteiger partial charge in [0.1, 0.15) is 11.7 Å². The first-order valence-corrected chi connectivity index (χ1v) is 10.3. The van der Waals surface area contributed by atoms with Crippen LogP contribution < -0.4 is 15.2 Å². The molecule has 2 aromatic rings. The van der Waals surface area contributed by atoms with Crippen molar-refractivity contribution in [2.45, 2.75) is 17.4 Å². The molecule has 0 spiro atoms. The second-order valence-electron chi connectivity index (χ2n) is 5.48. The van der Waals surface area contributed by atoms with E-state index in [1.165, 1.54) is 24.3 Å². The number of carbonyl (C=O) groups is 1. The zero-order valence-electron chi connectivity index (χ0n) is 13.2. The van der Waals surface area contributed by atoms with Crippen LogP contribution in [0.2, 0.25) is 0 Å². The third-order valence-electron chi connectivity index (χ3n) is 3.62. The number of sulfonamides is 1. The van der Waals surface area contributed by atoms with Crippen LogP contribution >= 0.6 is 11.8 Å². The van der Waals surface area contributed by atoms with Crippen LogP contribution in [0.3, 0.4) is 0 Å². The molecule has 25 heavy (non-hydrogen) atoms. The molecule has 0 aliphatic carbocycles. The molecule has 0 bridgehead atoms. The molecule has 1 aliphatic heterocycles. The Bertz CT molecular complexity index is 863. The van der Waals surface area contributed by atoms with Crippen LogP contribution in [0.25, 0.3) is 0 Å². The van der Waals surface area contributed by atoms with Crippen molar-refractivity contribution in [3.8, 4) is 5.88 Å². The number of pyridine rings is 1. The van der Waals surface area contributed by atoms with Crippen molar-refractivity contribution < 1.29 is 17.9 Å². The van der Waals surface area contributed by atoms with Gasteiger partial charge in [0.25, 0.3) is 5.91 Å². The third kappa shape index (κ3) is 4.50. The molecule has 7 nitrogen and oxygen atoms in total. The zero-order valence-corrected chi connectivity index (χ0v) is 14.8. The number of thioether (sulfide) groups is 1. The molecule has 1 aromatic carbocycles. The van der Waals surface area contributed by atoms with Crippen LogP contribution in [0.5, 0.6) is 5.88 Å². The predicted octanol–water partition coefficient (Wildman–Crippen LogP) is 1.87. The summed E-state index contributed by atoms with van der Waals surface area (Å²) in [5, 5.41) is 7.76. The van der Waals surface area contributed by atoms with Gasteiger partial charge in [0, 0.05) is 17.6 Å². The molecule has 1 fully saturated rings. The number of nitrogens with zero attached hydrogens (tertiary/aromatic N) is 1. The van der Waals surface area contributed by atoms with Crippen LogP contribution in [-0.2, 0) is 10.0 Å². The molecule has 1 saturated heterocycles. The van der Waals surface area contributed by atoms with Crippen molar-refractivity contribution in [2.75, 3.05) is 16.8 Å². The summed E-state index contributed by atoms with van der Waals surface area (Å²) >= 11 is 1.81. The van der Waals surface area contributed by atoms with Crippen molar-refractivity contribution in [3.05, 3.63) is 48.2 Å². The predicted molar refractivity (Wildman–Crippen MR) is 96.4 cm³/mol. The Morgan fingerprint density at radius 1 is 1.28 bits per heavy atom. The second kappa shape index (κ2) is 7.42. The molecule has 1 atom stereocenters. The second-order valence-corrected chi connectivity index (χ2v) is 8.19. The van der Waals surface area contributed by atoms with Gasteiger partial charge in [-0.25, -0.2) is 18.5 Å². The van der Waals surface area contributed by atoms with Gasteiger partial charge in [-0.3, -0.25) is 4.79 Å². The number of amides is 1. The number of primary sulfonamides is 1. The summed E-state index contributed by atoms with van der Waals surface area (Å²) in [6.45, 7) is 0. The zero-order chi connectivity index (χ0) is 17.9. The van der Waals surface area contributed by atoms with Gasteiger partial charge in [-0.05, 0) is 48.6 Å². The van der Waals surface area contributed by atoms with E-state index in [-0.39, 0.29) is 16.9 Å². The van der Waals surface area contributed by atoms with Gasteiger partial charge in [-0.1, -0.05) is 0 Å². The molecule has 0 unspecified atom stereocenters. The van der Waals surface area contributed by atoms with E-state index in [2.05, 4.69) is 10.3 Å². The number of hydrogen-bond acceptors (Lipinski definition) is 6. The van der Waals surface area contributed by atoms with E-state index in [0.717, 1.165) is 17.9 Å². The van der Waals surface area contributed by atoms with Gasteiger partial charge in [0.2, 0.25) is 15.9 Å². The molecule has 1 amide bonds. The Hall–Kier alpha value is -2.10. The Balaban J connectivity index is 1.75. The number of carbonyl (C=O) groups excluding carboxylic acids is 1. The lowest BCUT2D eigenvalue weighted by molar-refractivity contribution is 0.101. The summed E-state index contributed by atoms with van der Waals surface area (Å²) in [5.74, 6) is 1.84. The number of nitrogens with one attached hydrogen (secondary N) is 1. The fraction of sp³-hybridized carbons (Fsp3) is 0.250. The van der Waals surface area contributed by atoms with E-state index in [9.17, 15) is 13.2 Å². The minimum absolute atomic E-state index is 0.0189. The lowest BCUT2D eigenvalue weighted by atomic mass is 10.2. The molecule has 0 saturated carbocycles. The molecule has 2 heterocycles. The van der Waals surface area contributed by atoms with Gasteiger partial charge in [0.15, 0.2) is 0 Å². The lowest BCUT2D eigenvalue weighted by Crippen LogP contribution is -2.20. The number of aromatic nitrogens is 1. The maximum Gasteiger partial charge on any atom is 0.261 e. The fourth-order valence-electron chi connectivity index (χ4n) is 2.35. The molecule has 132 valence electrons. The fourth-order valence-corrected chi connectivity index (χ4v) is 3.96. The standard InChI is InChI=1S/C16H17N3O4S2/c17-25(21,22)13-5-3-11(4-6-13)19-15(20)14-2-1-8-18-16(14)23-12-7-9-24-10-12/h1-6,8,12H,7,9-10H2,(H,19,20)(H2,17,21,22)/t12-/m0/s1. The average Bonchev–Trinajstić information content (AvgIpc) is 3.08. The molecule has 1 aromatic heterocycles. The van der Waals surface area contributed by atoms with Gasteiger partial charge in [-0.15, -0.1) is 0 Å². The van der Waals surface area contributed by atoms with E-state index in [0.29, 0.717) is 17.1 Å². The van der Waals surface area contributed by atoms with E-state index >= 15 is 0 Å². The minimum atomic E-state index is -3.77. The topological polar surface area (TPSA) is 111 Å². The summed E-state index contributed by atoms with van der Waals surface area (Å²) in [4.78, 5) is 16.7. The maximum absolute atomic E-state index is 12.5. The number of rotatable bonds is 5. The molecular formula is C16H17N3O4S2. The average molecular weight is 379 g/mol. The van der Waals surface area contributed by atoms with Crippen molar-refractivity contribution in [1.29, 1.82) is 0 Å². The molecule has 0 radical (unpaired) electrons. The highest BCUT2D eigenvalue weighted by Gasteiger charge is 2.21. The first-order chi connectivity index (χ1) is 11.9. The van der Waals surface area contributed by atoms with E-state index < -0.39 is 10.0 Å². The minimum Gasteiger partial charge on any atom is -0.473 e. The first kappa shape index (κ1) is 17.7. The molecule has 9 heteroatoms. The highest BCUT2D eigenvalue weighted by Crippen LogP contribution is 2.25. The highest BCUT2D eigenvalue weighted by molar-refractivity contribution is 7.99. The quantitative estimate of drug-likeness (QED) is 0.820. The Morgan fingerprint density at radius 3 is 2.68 bits per heavy atom. The summed E-state index contributed by atoms with van der Waals surface area (Å²) in [7, 11) is -3.77. The van der Waals surface area contributed by atoms with E-state index in [4.69, 9.17) is 9.88 Å². The third-order valence-corrected chi connectivity index (χ3v) is 5.68. The molecular weight excluding hydrogens is 362 g/mol. The van der Waals surface area contributed by atoms with Crippen LogP contribution in [-0.4, -0.2) is 36.9 Å². The summed E-state index contributed by atoms with van der Waals surface area (Å²) in [5.41, 5.74) is 0.776. The number of nitrogens with two attached hydrogens (primary N) is 1. The van der Waals surface area contributed by atoms with Gasteiger partial charge in [0.05, 0.1) is 4.90 Å². The van der Waals surface area contributed by atoms with Crippen LogP contribution in [0.1, 0.15) is 16.8 Å². The maximum atomic E-state index is 12.5. The van der Waals surface area contributed by atoms with Gasteiger partial charge in [-0.2, -0.15) is 11.8 Å². The summed E-state index contributed by atoms with van der Waals surface area (Å²) in [6.07, 6.45) is 2.56. The summed E-state index contributed by atoms with van der Waals surface area (Å²) in [6, 6.07) is 8.92. The smallest absolute Gasteiger partial charge is 0.261 e. The monoisotopic (exact) mass is 379 g/mol. The molecule has 3 rings (SSSR count). The molecule has 3 N–H and O–H groups in total. The Labute approximate surface area is 150 Å². The number of anilines is 1. The van der Waals surface area contributed by atoms with E-state index in [1.54, 1.807) is 18.3 Å². The first-order valence-electron chi connectivity index (χ1n) is 7.57.